The van der Waals surface area contributed by atoms with Gasteiger partial charge in [0.25, 0.3) is 5.91 Å². The minimum absolute atomic E-state index is 0.115. The lowest BCUT2D eigenvalue weighted by molar-refractivity contribution is 0.0793. The van der Waals surface area contributed by atoms with Gasteiger partial charge in [0.15, 0.2) is 5.16 Å². The van der Waals surface area contributed by atoms with Crippen LogP contribution in [0.4, 0.5) is 0 Å². The lowest BCUT2D eigenvalue weighted by Gasteiger charge is -2.15. The second-order valence-electron chi connectivity index (χ2n) is 7.18. The SMILES string of the molecule is O=C(c1ccc(CSc2n[nH]c(=O)n2CCc2ccccc2)cc1)N1CCCC1. The van der Waals surface area contributed by atoms with E-state index in [-0.39, 0.29) is 11.6 Å². The zero-order chi connectivity index (χ0) is 20.1. The molecule has 150 valence electrons. The van der Waals surface area contributed by atoms with Crippen LogP contribution < -0.4 is 5.69 Å². The molecule has 6 nitrogen and oxygen atoms in total. The summed E-state index contributed by atoms with van der Waals surface area (Å²) in [6.45, 7) is 2.30. The normalized spacial score (nSPS) is 13.7. The first-order valence-corrected chi connectivity index (χ1v) is 10.9. The van der Waals surface area contributed by atoms with E-state index in [0.29, 0.717) is 17.5 Å². The van der Waals surface area contributed by atoms with Crippen LogP contribution in [0.15, 0.2) is 64.5 Å². The molecule has 0 unspecified atom stereocenters. The van der Waals surface area contributed by atoms with Gasteiger partial charge < -0.3 is 4.90 Å². The maximum Gasteiger partial charge on any atom is 0.343 e. The van der Waals surface area contributed by atoms with E-state index in [2.05, 4.69) is 22.3 Å². The average molecular weight is 409 g/mol. The average Bonchev–Trinajstić information content (AvgIpc) is 3.42. The molecule has 1 aliphatic heterocycles. The number of likely N-dealkylation sites (tertiary alicyclic amines) is 1. The molecule has 1 aromatic heterocycles. The summed E-state index contributed by atoms with van der Waals surface area (Å²) in [5, 5.41) is 7.40. The summed E-state index contributed by atoms with van der Waals surface area (Å²) in [5.41, 5.74) is 2.84. The fourth-order valence-corrected chi connectivity index (χ4v) is 4.42. The number of thioether (sulfide) groups is 1. The van der Waals surface area contributed by atoms with Crippen LogP contribution in [0.3, 0.4) is 0 Å². The van der Waals surface area contributed by atoms with Gasteiger partial charge in [0.05, 0.1) is 0 Å². The number of carbonyl (C=O) groups is 1. The standard InChI is InChI=1S/C22H24N4O2S/c27-20(25-13-4-5-14-25)19-10-8-18(9-11-19)16-29-22-24-23-21(28)26(22)15-12-17-6-2-1-3-7-17/h1-3,6-11H,4-5,12-16H2,(H,23,28). The molecule has 0 bridgehead atoms. The lowest BCUT2D eigenvalue weighted by Crippen LogP contribution is -2.27. The Bertz CT molecular complexity index is 1010. The van der Waals surface area contributed by atoms with Crippen molar-refractivity contribution in [3.8, 4) is 0 Å². The minimum atomic E-state index is -0.185. The van der Waals surface area contributed by atoms with E-state index in [1.54, 1.807) is 4.57 Å². The fourth-order valence-electron chi connectivity index (χ4n) is 3.49. The van der Waals surface area contributed by atoms with Crippen molar-refractivity contribution in [1.29, 1.82) is 0 Å². The van der Waals surface area contributed by atoms with Crippen molar-refractivity contribution in [2.24, 2.45) is 0 Å². The van der Waals surface area contributed by atoms with E-state index in [9.17, 15) is 9.59 Å². The van der Waals surface area contributed by atoms with Gasteiger partial charge in [-0.3, -0.25) is 9.36 Å². The van der Waals surface area contributed by atoms with E-state index in [0.717, 1.165) is 43.5 Å². The smallest absolute Gasteiger partial charge is 0.339 e. The van der Waals surface area contributed by atoms with Gasteiger partial charge in [-0.2, -0.15) is 0 Å². The Kier molecular flexibility index (Phi) is 6.14. The third kappa shape index (κ3) is 4.79. The van der Waals surface area contributed by atoms with Crippen molar-refractivity contribution in [3.63, 3.8) is 0 Å². The molecule has 1 N–H and O–H groups in total. The quantitative estimate of drug-likeness (QED) is 0.609. The number of hydrogen-bond donors (Lipinski definition) is 1. The molecule has 0 saturated carbocycles. The van der Waals surface area contributed by atoms with Crippen molar-refractivity contribution in [3.05, 3.63) is 81.8 Å². The number of rotatable bonds is 7. The van der Waals surface area contributed by atoms with Crippen molar-refractivity contribution < 1.29 is 4.79 Å². The molecule has 0 atom stereocenters. The van der Waals surface area contributed by atoms with E-state index in [4.69, 9.17) is 0 Å². The Morgan fingerprint density at radius 1 is 1.00 bits per heavy atom. The molecule has 1 fully saturated rings. The topological polar surface area (TPSA) is 71.0 Å². The van der Waals surface area contributed by atoms with Gasteiger partial charge in [-0.1, -0.05) is 54.2 Å². The first-order chi connectivity index (χ1) is 14.2. The monoisotopic (exact) mass is 408 g/mol. The molecular weight excluding hydrogens is 384 g/mol. The van der Waals surface area contributed by atoms with E-state index in [1.165, 1.54) is 17.3 Å². The summed E-state index contributed by atoms with van der Waals surface area (Å²) in [7, 11) is 0. The number of benzene rings is 2. The minimum Gasteiger partial charge on any atom is -0.339 e. The van der Waals surface area contributed by atoms with E-state index >= 15 is 0 Å². The van der Waals surface area contributed by atoms with Crippen LogP contribution in [0.2, 0.25) is 0 Å². The van der Waals surface area contributed by atoms with Crippen LogP contribution in [0.25, 0.3) is 0 Å². The zero-order valence-electron chi connectivity index (χ0n) is 16.2. The lowest BCUT2D eigenvalue weighted by atomic mass is 10.1. The van der Waals surface area contributed by atoms with Gasteiger partial charge >= 0.3 is 5.69 Å². The van der Waals surface area contributed by atoms with Crippen LogP contribution in [0.1, 0.15) is 34.3 Å². The van der Waals surface area contributed by atoms with Crippen molar-refractivity contribution in [1.82, 2.24) is 19.7 Å². The molecule has 1 aliphatic rings. The maximum atomic E-state index is 12.4. The summed E-state index contributed by atoms with van der Waals surface area (Å²) in [5.74, 6) is 0.803. The molecule has 1 amide bonds. The zero-order valence-corrected chi connectivity index (χ0v) is 17.0. The molecule has 1 saturated heterocycles. The number of hydrogen-bond acceptors (Lipinski definition) is 4. The van der Waals surface area contributed by atoms with Crippen molar-refractivity contribution >= 4 is 17.7 Å². The second-order valence-corrected chi connectivity index (χ2v) is 8.13. The predicted octanol–water partition coefficient (Wildman–Crippen LogP) is 3.34. The summed E-state index contributed by atoms with van der Waals surface area (Å²) in [6.07, 6.45) is 2.97. The number of aryl methyl sites for hydroxylation is 1. The number of H-pyrrole nitrogens is 1. The van der Waals surface area contributed by atoms with Gasteiger partial charge in [-0.25, -0.2) is 9.89 Å². The Balaban J connectivity index is 1.36. The van der Waals surface area contributed by atoms with Crippen LogP contribution in [-0.4, -0.2) is 38.7 Å². The summed E-state index contributed by atoms with van der Waals surface area (Å²) < 4.78 is 1.68. The van der Waals surface area contributed by atoms with Gasteiger partial charge in [-0.15, -0.1) is 5.10 Å². The molecule has 2 heterocycles. The second kappa shape index (κ2) is 9.13. The molecule has 0 aliphatic carbocycles. The molecule has 4 rings (SSSR count). The molecular formula is C22H24N4O2S. The number of aromatic nitrogens is 3. The Hall–Kier alpha value is -2.80. The number of carbonyl (C=O) groups excluding carboxylic acids is 1. The molecule has 0 radical (unpaired) electrons. The molecule has 7 heteroatoms. The van der Waals surface area contributed by atoms with Crippen LogP contribution >= 0.6 is 11.8 Å². The van der Waals surface area contributed by atoms with E-state index < -0.39 is 0 Å². The largest absolute Gasteiger partial charge is 0.343 e. The highest BCUT2D eigenvalue weighted by molar-refractivity contribution is 7.98. The molecule has 3 aromatic rings. The fraction of sp³-hybridized carbons (Fsp3) is 0.318. The molecule has 29 heavy (non-hydrogen) atoms. The Morgan fingerprint density at radius 3 is 2.45 bits per heavy atom. The molecule has 2 aromatic carbocycles. The van der Waals surface area contributed by atoms with Crippen LogP contribution in [0.5, 0.6) is 0 Å². The summed E-state index contributed by atoms with van der Waals surface area (Å²) in [4.78, 5) is 26.5. The first-order valence-electron chi connectivity index (χ1n) is 9.91. The van der Waals surface area contributed by atoms with Crippen LogP contribution in [-0.2, 0) is 18.7 Å². The van der Waals surface area contributed by atoms with Crippen LogP contribution in [0, 0.1) is 0 Å². The number of nitrogens with zero attached hydrogens (tertiary/aromatic N) is 3. The number of nitrogens with one attached hydrogen (secondary N) is 1. The van der Waals surface area contributed by atoms with Crippen molar-refractivity contribution in [2.45, 2.75) is 36.7 Å². The van der Waals surface area contributed by atoms with Gasteiger partial charge in [-0.05, 0) is 42.5 Å². The van der Waals surface area contributed by atoms with Crippen molar-refractivity contribution in [2.75, 3.05) is 13.1 Å². The predicted molar refractivity (Wildman–Crippen MR) is 114 cm³/mol. The number of aromatic amines is 1. The number of amides is 1. The Morgan fingerprint density at radius 2 is 1.72 bits per heavy atom. The first kappa shape index (κ1) is 19.5. The van der Waals surface area contributed by atoms with E-state index in [1.807, 2.05) is 47.4 Å². The summed E-state index contributed by atoms with van der Waals surface area (Å²) >= 11 is 1.52. The Labute approximate surface area is 173 Å². The molecule has 0 spiro atoms. The third-order valence-corrected chi connectivity index (χ3v) is 6.20. The van der Waals surface area contributed by atoms with Gasteiger partial charge in [0.1, 0.15) is 0 Å². The van der Waals surface area contributed by atoms with Gasteiger partial charge in [0, 0.05) is 31.0 Å². The third-order valence-electron chi connectivity index (χ3n) is 5.15. The summed E-state index contributed by atoms with van der Waals surface area (Å²) in [6, 6.07) is 17.9. The highest BCUT2D eigenvalue weighted by Gasteiger charge is 2.19. The highest BCUT2D eigenvalue weighted by Crippen LogP contribution is 2.21. The highest BCUT2D eigenvalue weighted by atomic mass is 32.2. The van der Waals surface area contributed by atoms with Gasteiger partial charge in [0.2, 0.25) is 0 Å². The maximum absolute atomic E-state index is 12.4.